The number of hydroxylamine groups is 2. The molecule has 1 rings (SSSR count). The number of ether oxygens (including phenoxy) is 1. The maximum Gasteiger partial charge on any atom is 0.357 e. The van der Waals surface area contributed by atoms with E-state index in [2.05, 4.69) is 9.57 Å². The Morgan fingerprint density at radius 3 is 2.61 bits per heavy atom. The summed E-state index contributed by atoms with van der Waals surface area (Å²) < 4.78 is 4.26. The average molecular weight is 262 g/mol. The summed E-state index contributed by atoms with van der Waals surface area (Å²) in [5.74, 6) is -1.83. The van der Waals surface area contributed by atoms with Crippen LogP contribution in [0.2, 0.25) is 0 Å². The number of rotatable bonds is 3. The van der Waals surface area contributed by atoms with Crippen molar-refractivity contribution in [2.24, 2.45) is 0 Å². The normalized spacial score (nSPS) is 21.6. The average Bonchev–Trinajstić information content (AvgIpc) is 2.31. The lowest BCUT2D eigenvalue weighted by atomic mass is 10.2. The number of carbonyl (C=O) groups excluding carboxylic acids is 3. The van der Waals surface area contributed by atoms with E-state index in [1.807, 2.05) is 0 Å². The topological polar surface area (TPSA) is 117 Å². The molecule has 1 fully saturated rings. The van der Waals surface area contributed by atoms with Crippen molar-refractivity contribution < 1.29 is 34.2 Å². The predicted molar refractivity (Wildman–Crippen MR) is 54.4 cm³/mol. The van der Waals surface area contributed by atoms with E-state index in [4.69, 9.17) is 0 Å². The van der Waals surface area contributed by atoms with E-state index < -0.39 is 30.4 Å². The lowest BCUT2D eigenvalue weighted by Crippen LogP contribution is -2.60. The first kappa shape index (κ1) is 14.2. The standard InChI is InChI=1S/C9H14N2O7/c1-5(12)18-10-4-3-6(13)11(9(10)16)7(14)8(15)17-2/h6-7,13-14H,3-4H2,1-2H3. The van der Waals surface area contributed by atoms with E-state index in [9.17, 15) is 24.6 Å². The fourth-order valence-corrected chi connectivity index (χ4v) is 1.45. The molecule has 2 unspecified atom stereocenters. The maximum absolute atomic E-state index is 11.8. The highest BCUT2D eigenvalue weighted by atomic mass is 16.7. The van der Waals surface area contributed by atoms with Crippen LogP contribution in [0.5, 0.6) is 0 Å². The second kappa shape index (κ2) is 5.65. The van der Waals surface area contributed by atoms with Crippen LogP contribution in [0, 0.1) is 0 Å². The number of hydrogen-bond donors (Lipinski definition) is 2. The predicted octanol–water partition coefficient (Wildman–Crippen LogP) is -1.60. The molecule has 2 atom stereocenters. The Kier molecular flexibility index (Phi) is 4.45. The molecule has 1 aliphatic heterocycles. The van der Waals surface area contributed by atoms with Crippen molar-refractivity contribution in [3.05, 3.63) is 0 Å². The number of aliphatic hydroxyl groups excluding tert-OH is 2. The third-order valence-corrected chi connectivity index (χ3v) is 2.26. The van der Waals surface area contributed by atoms with Crippen LogP contribution in [0.3, 0.4) is 0 Å². The molecule has 1 heterocycles. The molecule has 2 N–H and O–H groups in total. The summed E-state index contributed by atoms with van der Waals surface area (Å²) in [7, 11) is 1.02. The highest BCUT2D eigenvalue weighted by Gasteiger charge is 2.41. The summed E-state index contributed by atoms with van der Waals surface area (Å²) in [6.45, 7) is 1.06. The zero-order valence-corrected chi connectivity index (χ0v) is 9.90. The SMILES string of the molecule is COC(=O)C(O)N1C(=O)N(OC(C)=O)CCC1O. The molecule has 0 aliphatic carbocycles. The summed E-state index contributed by atoms with van der Waals surface area (Å²) in [5.41, 5.74) is 0. The number of amides is 2. The first-order valence-electron chi connectivity index (χ1n) is 5.10. The Balaban J connectivity index is 2.83. The quantitative estimate of drug-likeness (QED) is 0.588. The molecule has 0 saturated carbocycles. The van der Waals surface area contributed by atoms with Crippen molar-refractivity contribution >= 4 is 18.0 Å². The molecule has 0 radical (unpaired) electrons. The number of methoxy groups -OCH3 is 1. The van der Waals surface area contributed by atoms with Gasteiger partial charge in [0.05, 0.1) is 13.7 Å². The second-order valence-corrected chi connectivity index (χ2v) is 3.54. The van der Waals surface area contributed by atoms with Gasteiger partial charge in [-0.3, -0.25) is 9.69 Å². The van der Waals surface area contributed by atoms with E-state index in [1.165, 1.54) is 0 Å². The number of hydrogen-bond acceptors (Lipinski definition) is 7. The minimum atomic E-state index is -1.96. The van der Waals surface area contributed by atoms with Crippen LogP contribution in [-0.2, 0) is 19.2 Å². The van der Waals surface area contributed by atoms with Gasteiger partial charge in [-0.05, 0) is 0 Å². The molecule has 0 aromatic carbocycles. The van der Waals surface area contributed by atoms with Crippen LogP contribution in [-0.4, -0.2) is 64.3 Å². The van der Waals surface area contributed by atoms with Gasteiger partial charge in [-0.2, -0.15) is 5.06 Å². The van der Waals surface area contributed by atoms with Crippen LogP contribution in [0.4, 0.5) is 4.79 Å². The van der Waals surface area contributed by atoms with Crippen molar-refractivity contribution in [3.8, 4) is 0 Å². The summed E-state index contributed by atoms with van der Waals surface area (Å²) in [5, 5.41) is 19.8. The van der Waals surface area contributed by atoms with Crippen LogP contribution in [0.25, 0.3) is 0 Å². The zero-order chi connectivity index (χ0) is 13.9. The third kappa shape index (κ3) is 2.87. The van der Waals surface area contributed by atoms with Gasteiger partial charge in [0, 0.05) is 13.3 Å². The van der Waals surface area contributed by atoms with Gasteiger partial charge in [0.2, 0.25) is 6.23 Å². The van der Waals surface area contributed by atoms with Crippen molar-refractivity contribution in [3.63, 3.8) is 0 Å². The molecule has 9 heteroatoms. The van der Waals surface area contributed by atoms with E-state index in [1.54, 1.807) is 0 Å². The first-order chi connectivity index (χ1) is 8.38. The molecule has 9 nitrogen and oxygen atoms in total. The fraction of sp³-hybridized carbons (Fsp3) is 0.667. The van der Waals surface area contributed by atoms with Gasteiger partial charge in [-0.25, -0.2) is 9.59 Å². The molecule has 2 amide bonds. The zero-order valence-electron chi connectivity index (χ0n) is 9.90. The lowest BCUT2D eigenvalue weighted by molar-refractivity contribution is -0.200. The Bertz CT molecular complexity index is 359. The Morgan fingerprint density at radius 2 is 2.11 bits per heavy atom. The number of esters is 1. The van der Waals surface area contributed by atoms with E-state index in [0.29, 0.717) is 9.96 Å². The molecule has 0 spiro atoms. The highest BCUT2D eigenvalue weighted by molar-refractivity contribution is 5.83. The number of aliphatic hydroxyl groups is 2. The van der Waals surface area contributed by atoms with Gasteiger partial charge in [0.25, 0.3) is 0 Å². The van der Waals surface area contributed by atoms with Crippen molar-refractivity contribution in [1.29, 1.82) is 0 Å². The number of nitrogens with zero attached hydrogens (tertiary/aromatic N) is 2. The molecular formula is C9H14N2O7. The molecule has 102 valence electrons. The summed E-state index contributed by atoms with van der Waals surface area (Å²) >= 11 is 0. The molecule has 18 heavy (non-hydrogen) atoms. The largest absolute Gasteiger partial charge is 0.466 e. The van der Waals surface area contributed by atoms with Crippen LogP contribution >= 0.6 is 0 Å². The second-order valence-electron chi connectivity index (χ2n) is 3.54. The van der Waals surface area contributed by atoms with Gasteiger partial charge in [-0.15, -0.1) is 0 Å². The highest BCUT2D eigenvalue weighted by Crippen LogP contribution is 2.17. The van der Waals surface area contributed by atoms with E-state index in [-0.39, 0.29) is 13.0 Å². The van der Waals surface area contributed by atoms with Gasteiger partial charge in [0.1, 0.15) is 6.23 Å². The van der Waals surface area contributed by atoms with Crippen molar-refractivity contribution in [2.75, 3.05) is 13.7 Å². The summed E-state index contributed by atoms with van der Waals surface area (Å²) in [6, 6.07) is -0.998. The Labute approximate surface area is 102 Å². The van der Waals surface area contributed by atoms with Crippen LogP contribution < -0.4 is 0 Å². The molecule has 0 aromatic rings. The molecule has 0 aromatic heterocycles. The smallest absolute Gasteiger partial charge is 0.357 e. The maximum atomic E-state index is 11.8. The lowest BCUT2D eigenvalue weighted by Gasteiger charge is -2.38. The number of urea groups is 1. The minimum Gasteiger partial charge on any atom is -0.466 e. The van der Waals surface area contributed by atoms with Crippen LogP contribution in [0.15, 0.2) is 0 Å². The molecule has 1 saturated heterocycles. The van der Waals surface area contributed by atoms with Gasteiger partial charge < -0.3 is 19.8 Å². The Hall–Kier alpha value is -1.87. The molecule has 1 aliphatic rings. The summed E-state index contributed by atoms with van der Waals surface area (Å²) in [6.07, 6.45) is -3.32. The minimum absolute atomic E-state index is 0.00702. The third-order valence-electron chi connectivity index (χ3n) is 2.26. The van der Waals surface area contributed by atoms with Gasteiger partial charge >= 0.3 is 18.0 Å². The van der Waals surface area contributed by atoms with E-state index in [0.717, 1.165) is 14.0 Å². The monoisotopic (exact) mass is 262 g/mol. The first-order valence-corrected chi connectivity index (χ1v) is 5.10. The van der Waals surface area contributed by atoms with Gasteiger partial charge in [-0.1, -0.05) is 0 Å². The molecular weight excluding hydrogens is 248 g/mol. The number of carbonyl (C=O) groups is 3. The van der Waals surface area contributed by atoms with Crippen molar-refractivity contribution in [1.82, 2.24) is 9.96 Å². The summed E-state index contributed by atoms with van der Waals surface area (Å²) in [4.78, 5) is 38.7. The fourth-order valence-electron chi connectivity index (χ4n) is 1.45. The van der Waals surface area contributed by atoms with Crippen LogP contribution in [0.1, 0.15) is 13.3 Å². The Morgan fingerprint density at radius 1 is 1.50 bits per heavy atom. The van der Waals surface area contributed by atoms with Crippen molar-refractivity contribution in [2.45, 2.75) is 25.8 Å². The van der Waals surface area contributed by atoms with Gasteiger partial charge in [0.15, 0.2) is 0 Å². The molecule has 0 bridgehead atoms. The van der Waals surface area contributed by atoms with E-state index >= 15 is 0 Å².